The molecule has 3 rings (SSSR count). The first-order valence-electron chi connectivity index (χ1n) is 6.24. The van der Waals surface area contributed by atoms with Crippen molar-refractivity contribution in [1.82, 2.24) is 10.2 Å². The lowest BCUT2D eigenvalue weighted by molar-refractivity contribution is 0.100. The fourth-order valence-electron chi connectivity index (χ4n) is 2.35. The van der Waals surface area contributed by atoms with Gasteiger partial charge in [-0.3, -0.25) is 4.79 Å². The van der Waals surface area contributed by atoms with E-state index in [-0.39, 0.29) is 5.15 Å². The van der Waals surface area contributed by atoms with Crippen LogP contribution in [0.4, 0.5) is 5.82 Å². The van der Waals surface area contributed by atoms with Gasteiger partial charge in [0, 0.05) is 6.04 Å². The quantitative estimate of drug-likeness (QED) is 0.852. The second-order valence-corrected chi connectivity index (χ2v) is 5.53. The van der Waals surface area contributed by atoms with Gasteiger partial charge in [0.15, 0.2) is 11.0 Å². The molecule has 2 fully saturated rings. The third kappa shape index (κ3) is 2.41. The van der Waals surface area contributed by atoms with Gasteiger partial charge >= 0.3 is 0 Å². The highest BCUT2D eigenvalue weighted by Crippen LogP contribution is 2.45. The summed E-state index contributed by atoms with van der Waals surface area (Å²) in [4.78, 5) is 11.4. The van der Waals surface area contributed by atoms with Crippen LogP contribution < -0.4 is 11.1 Å². The number of amides is 1. The summed E-state index contributed by atoms with van der Waals surface area (Å²) in [5, 5.41) is 11.3. The number of rotatable bonds is 5. The smallest absolute Gasteiger partial charge is 0.252 e. The molecule has 2 aliphatic rings. The molecule has 0 spiro atoms. The fraction of sp³-hybridized carbons (Fsp3) is 0.583. The van der Waals surface area contributed by atoms with Gasteiger partial charge in [0.25, 0.3) is 5.91 Å². The van der Waals surface area contributed by atoms with Gasteiger partial charge in [0.05, 0.1) is 5.56 Å². The molecule has 5 nitrogen and oxygen atoms in total. The number of carbonyl (C=O) groups excluding carboxylic acids is 1. The fourth-order valence-corrected chi connectivity index (χ4v) is 2.50. The number of halogens is 1. The molecule has 2 aliphatic carbocycles. The predicted octanol–water partition coefficient (Wildman–Crippen LogP) is 1.83. The van der Waals surface area contributed by atoms with Crippen LogP contribution in [0.3, 0.4) is 0 Å². The Morgan fingerprint density at radius 1 is 1.33 bits per heavy atom. The van der Waals surface area contributed by atoms with Crippen molar-refractivity contribution in [1.29, 1.82) is 0 Å². The Kier molecular flexibility index (Phi) is 2.86. The van der Waals surface area contributed by atoms with Crippen LogP contribution in [0.15, 0.2) is 6.07 Å². The van der Waals surface area contributed by atoms with E-state index in [0.717, 1.165) is 0 Å². The van der Waals surface area contributed by atoms with Gasteiger partial charge in [-0.25, -0.2) is 0 Å². The zero-order valence-corrected chi connectivity index (χ0v) is 10.7. The summed E-state index contributed by atoms with van der Waals surface area (Å²) in [5.41, 5.74) is 5.66. The minimum Gasteiger partial charge on any atom is -0.365 e. The molecule has 0 radical (unpaired) electrons. The summed E-state index contributed by atoms with van der Waals surface area (Å²) in [6.07, 6.45) is 5.00. The summed E-state index contributed by atoms with van der Waals surface area (Å²) < 4.78 is 0. The molecule has 0 saturated heterocycles. The lowest BCUT2D eigenvalue weighted by Gasteiger charge is -2.19. The summed E-state index contributed by atoms with van der Waals surface area (Å²) >= 11 is 5.74. The third-order valence-corrected chi connectivity index (χ3v) is 3.78. The maximum absolute atomic E-state index is 11.4. The van der Waals surface area contributed by atoms with E-state index in [9.17, 15) is 4.79 Å². The maximum Gasteiger partial charge on any atom is 0.252 e. The molecule has 0 aliphatic heterocycles. The van der Waals surface area contributed by atoms with Crippen LogP contribution in [-0.2, 0) is 0 Å². The molecular formula is C12H15ClN4O. The van der Waals surface area contributed by atoms with E-state index >= 15 is 0 Å². The summed E-state index contributed by atoms with van der Waals surface area (Å²) in [6, 6.07) is 1.87. The van der Waals surface area contributed by atoms with Crippen LogP contribution in [0.1, 0.15) is 36.0 Å². The molecule has 0 unspecified atom stereocenters. The largest absolute Gasteiger partial charge is 0.365 e. The molecule has 96 valence electrons. The van der Waals surface area contributed by atoms with Crippen molar-refractivity contribution in [3.63, 3.8) is 0 Å². The number of aromatic nitrogens is 2. The van der Waals surface area contributed by atoms with Crippen molar-refractivity contribution >= 4 is 23.3 Å². The highest BCUT2D eigenvalue weighted by Gasteiger charge is 2.42. The second-order valence-electron chi connectivity index (χ2n) is 5.14. The van der Waals surface area contributed by atoms with Gasteiger partial charge in [-0.15, -0.1) is 10.2 Å². The maximum atomic E-state index is 11.4. The molecule has 0 bridgehead atoms. The first-order chi connectivity index (χ1) is 8.65. The normalized spacial score (nSPS) is 19.0. The first kappa shape index (κ1) is 11.7. The van der Waals surface area contributed by atoms with Crippen molar-refractivity contribution in [3.05, 3.63) is 16.8 Å². The second kappa shape index (κ2) is 4.39. The zero-order valence-electron chi connectivity index (χ0n) is 9.90. The van der Waals surface area contributed by atoms with Gasteiger partial charge in [-0.1, -0.05) is 11.6 Å². The van der Waals surface area contributed by atoms with Crippen molar-refractivity contribution in [2.45, 2.75) is 31.7 Å². The lowest BCUT2D eigenvalue weighted by Crippen LogP contribution is -2.27. The van der Waals surface area contributed by atoms with E-state index in [1.165, 1.54) is 31.7 Å². The van der Waals surface area contributed by atoms with E-state index in [0.29, 0.717) is 29.3 Å². The van der Waals surface area contributed by atoms with Crippen molar-refractivity contribution in [2.24, 2.45) is 17.6 Å². The van der Waals surface area contributed by atoms with Gasteiger partial charge in [0.2, 0.25) is 0 Å². The summed E-state index contributed by atoms with van der Waals surface area (Å²) in [7, 11) is 0. The van der Waals surface area contributed by atoms with Crippen LogP contribution in [0.2, 0.25) is 5.15 Å². The van der Waals surface area contributed by atoms with E-state index in [1.54, 1.807) is 0 Å². The molecule has 18 heavy (non-hydrogen) atoms. The first-order valence-corrected chi connectivity index (χ1v) is 6.62. The van der Waals surface area contributed by atoms with Crippen LogP contribution in [0.5, 0.6) is 0 Å². The molecule has 1 heterocycles. The summed E-state index contributed by atoms with van der Waals surface area (Å²) in [6.45, 7) is 0. The predicted molar refractivity (Wildman–Crippen MR) is 68.4 cm³/mol. The number of nitrogens with two attached hydrogens (primary N) is 1. The van der Waals surface area contributed by atoms with E-state index < -0.39 is 5.91 Å². The highest BCUT2D eigenvalue weighted by molar-refractivity contribution is 6.29. The van der Waals surface area contributed by atoms with Gasteiger partial charge in [-0.2, -0.15) is 0 Å². The average molecular weight is 267 g/mol. The van der Waals surface area contributed by atoms with E-state index in [1.807, 2.05) is 0 Å². The Labute approximate surface area is 110 Å². The molecular weight excluding hydrogens is 252 g/mol. The number of hydrogen-bond acceptors (Lipinski definition) is 4. The molecule has 1 amide bonds. The topological polar surface area (TPSA) is 80.9 Å². The number of nitrogens with zero attached hydrogens (tertiary/aromatic N) is 2. The highest BCUT2D eigenvalue weighted by atomic mass is 35.5. The lowest BCUT2D eigenvalue weighted by atomic mass is 10.1. The van der Waals surface area contributed by atoms with E-state index in [2.05, 4.69) is 15.5 Å². The van der Waals surface area contributed by atoms with Crippen molar-refractivity contribution in [3.8, 4) is 0 Å². The Morgan fingerprint density at radius 3 is 2.44 bits per heavy atom. The molecule has 0 atom stereocenters. The molecule has 0 aromatic carbocycles. The molecule has 1 aromatic heterocycles. The number of nitrogens with one attached hydrogen (secondary N) is 1. The van der Waals surface area contributed by atoms with Crippen LogP contribution in [0.25, 0.3) is 0 Å². The zero-order chi connectivity index (χ0) is 12.7. The molecule has 1 aromatic rings. The Morgan fingerprint density at radius 2 is 1.94 bits per heavy atom. The van der Waals surface area contributed by atoms with Crippen LogP contribution in [0, 0.1) is 11.8 Å². The molecule has 2 saturated carbocycles. The minimum atomic E-state index is -0.528. The Bertz CT molecular complexity index is 473. The Hall–Kier alpha value is -1.36. The van der Waals surface area contributed by atoms with Gasteiger partial charge < -0.3 is 11.1 Å². The molecule has 6 heteroatoms. The SMILES string of the molecule is NC(=O)c1cc(Cl)nnc1NC(C1CC1)C1CC1. The van der Waals surface area contributed by atoms with Gasteiger partial charge in [-0.05, 0) is 43.6 Å². The van der Waals surface area contributed by atoms with Gasteiger partial charge in [0.1, 0.15) is 0 Å². The standard InChI is InChI=1S/C12H15ClN4O/c13-9-5-8(11(14)18)12(17-16-9)15-10(6-1-2-6)7-3-4-7/h5-7,10H,1-4H2,(H2,14,18)(H,15,17). The number of anilines is 1. The number of hydrogen-bond donors (Lipinski definition) is 2. The van der Waals surface area contributed by atoms with Crippen molar-refractivity contribution in [2.75, 3.05) is 5.32 Å². The van der Waals surface area contributed by atoms with Crippen LogP contribution >= 0.6 is 11.6 Å². The van der Waals surface area contributed by atoms with Crippen LogP contribution in [-0.4, -0.2) is 22.1 Å². The number of primary amides is 1. The van der Waals surface area contributed by atoms with Crippen molar-refractivity contribution < 1.29 is 4.79 Å². The Balaban J connectivity index is 1.84. The summed E-state index contributed by atoms with van der Waals surface area (Å²) in [5.74, 6) is 1.35. The third-order valence-electron chi connectivity index (χ3n) is 3.59. The average Bonchev–Trinajstić information content (AvgIpc) is 3.19. The van der Waals surface area contributed by atoms with E-state index in [4.69, 9.17) is 17.3 Å². The number of carbonyl (C=O) groups is 1. The minimum absolute atomic E-state index is 0.184. The monoisotopic (exact) mass is 266 g/mol. The molecule has 3 N–H and O–H groups in total.